The topological polar surface area (TPSA) is 37.8 Å². The minimum atomic E-state index is 0.804. The van der Waals surface area contributed by atoms with Crippen LogP contribution in [0.5, 0.6) is 0 Å². The van der Waals surface area contributed by atoms with E-state index < -0.39 is 0 Å². The molecule has 0 radical (unpaired) electrons. The standard InChI is InChI=1S/C11H12IN3S/c1-2-13-7-10-14-15-11(16-10)8-4-3-5-9(12)6-8/h3-6,13H,2,7H2,1H3. The number of hydrogen-bond acceptors (Lipinski definition) is 4. The molecule has 0 unspecified atom stereocenters. The molecule has 2 aromatic rings. The van der Waals surface area contributed by atoms with Gasteiger partial charge in [0.25, 0.3) is 0 Å². The molecule has 16 heavy (non-hydrogen) atoms. The zero-order valence-electron chi connectivity index (χ0n) is 8.90. The lowest BCUT2D eigenvalue weighted by Gasteiger charge is -1.95. The molecular weight excluding hydrogens is 333 g/mol. The number of aromatic nitrogens is 2. The molecule has 0 spiro atoms. The van der Waals surface area contributed by atoms with Gasteiger partial charge in [-0.25, -0.2) is 0 Å². The SMILES string of the molecule is CCNCc1nnc(-c2cccc(I)c2)s1. The second-order valence-corrected chi connectivity index (χ2v) is 5.60. The van der Waals surface area contributed by atoms with Crippen molar-refractivity contribution in [3.63, 3.8) is 0 Å². The fourth-order valence-corrected chi connectivity index (χ4v) is 2.64. The minimum Gasteiger partial charge on any atom is -0.311 e. The number of hydrogen-bond donors (Lipinski definition) is 1. The summed E-state index contributed by atoms with van der Waals surface area (Å²) >= 11 is 3.95. The Kier molecular flexibility index (Phi) is 4.25. The highest BCUT2D eigenvalue weighted by molar-refractivity contribution is 14.1. The van der Waals surface area contributed by atoms with Crippen LogP contribution in [0.15, 0.2) is 24.3 Å². The Morgan fingerprint density at radius 3 is 3.00 bits per heavy atom. The van der Waals surface area contributed by atoms with Crippen molar-refractivity contribution in [1.82, 2.24) is 15.5 Å². The van der Waals surface area contributed by atoms with Crippen molar-refractivity contribution in [3.8, 4) is 10.6 Å². The van der Waals surface area contributed by atoms with Crippen LogP contribution < -0.4 is 5.32 Å². The van der Waals surface area contributed by atoms with Gasteiger partial charge in [-0.05, 0) is 41.3 Å². The molecule has 84 valence electrons. The summed E-state index contributed by atoms with van der Waals surface area (Å²) in [6, 6.07) is 8.31. The highest BCUT2D eigenvalue weighted by atomic mass is 127. The highest BCUT2D eigenvalue weighted by Crippen LogP contribution is 2.24. The maximum Gasteiger partial charge on any atom is 0.147 e. The maximum atomic E-state index is 4.21. The summed E-state index contributed by atoms with van der Waals surface area (Å²) in [7, 11) is 0. The predicted octanol–water partition coefficient (Wildman–Crippen LogP) is 2.92. The van der Waals surface area contributed by atoms with E-state index in [0.717, 1.165) is 28.7 Å². The van der Waals surface area contributed by atoms with Gasteiger partial charge in [0, 0.05) is 15.7 Å². The Hall–Kier alpha value is -0.530. The molecular formula is C11H12IN3S. The largest absolute Gasteiger partial charge is 0.311 e. The molecule has 0 saturated carbocycles. The van der Waals surface area contributed by atoms with E-state index in [9.17, 15) is 0 Å². The second-order valence-electron chi connectivity index (χ2n) is 3.29. The van der Waals surface area contributed by atoms with Gasteiger partial charge in [-0.15, -0.1) is 10.2 Å². The lowest BCUT2D eigenvalue weighted by atomic mass is 10.2. The van der Waals surface area contributed by atoms with Crippen molar-refractivity contribution in [2.24, 2.45) is 0 Å². The Morgan fingerprint density at radius 2 is 2.25 bits per heavy atom. The summed E-state index contributed by atoms with van der Waals surface area (Å²) in [5.74, 6) is 0. The molecule has 5 heteroatoms. The van der Waals surface area contributed by atoms with Crippen LogP contribution >= 0.6 is 33.9 Å². The van der Waals surface area contributed by atoms with Crippen LogP contribution in [0.3, 0.4) is 0 Å². The minimum absolute atomic E-state index is 0.804. The number of rotatable bonds is 4. The molecule has 1 heterocycles. The fourth-order valence-electron chi connectivity index (χ4n) is 1.30. The zero-order valence-corrected chi connectivity index (χ0v) is 11.9. The van der Waals surface area contributed by atoms with E-state index in [1.165, 1.54) is 3.57 Å². The van der Waals surface area contributed by atoms with Gasteiger partial charge in [-0.1, -0.05) is 30.4 Å². The van der Waals surface area contributed by atoms with Crippen molar-refractivity contribution in [2.75, 3.05) is 6.54 Å². The third-order valence-electron chi connectivity index (χ3n) is 2.06. The summed E-state index contributed by atoms with van der Waals surface area (Å²) < 4.78 is 1.22. The third kappa shape index (κ3) is 2.99. The summed E-state index contributed by atoms with van der Waals surface area (Å²) in [5, 5.41) is 13.6. The third-order valence-corrected chi connectivity index (χ3v) is 3.71. The Bertz CT molecular complexity index is 470. The molecule has 0 aliphatic heterocycles. The molecule has 0 atom stereocenters. The molecule has 0 amide bonds. The first-order valence-corrected chi connectivity index (χ1v) is 6.98. The van der Waals surface area contributed by atoms with E-state index in [4.69, 9.17) is 0 Å². The van der Waals surface area contributed by atoms with Crippen LogP contribution in [0.2, 0.25) is 0 Å². The van der Waals surface area contributed by atoms with E-state index in [1.54, 1.807) is 11.3 Å². The first kappa shape index (κ1) is 11.9. The Morgan fingerprint density at radius 1 is 1.38 bits per heavy atom. The smallest absolute Gasteiger partial charge is 0.147 e. The molecule has 0 aliphatic carbocycles. The highest BCUT2D eigenvalue weighted by Gasteiger charge is 2.06. The average molecular weight is 345 g/mol. The van der Waals surface area contributed by atoms with Gasteiger partial charge in [0.1, 0.15) is 10.0 Å². The van der Waals surface area contributed by atoms with Crippen molar-refractivity contribution < 1.29 is 0 Å². The molecule has 2 rings (SSSR count). The lowest BCUT2D eigenvalue weighted by molar-refractivity contribution is 0.715. The van der Waals surface area contributed by atoms with Gasteiger partial charge < -0.3 is 5.32 Å². The molecule has 1 N–H and O–H groups in total. The van der Waals surface area contributed by atoms with Gasteiger partial charge in [0.05, 0.1) is 0 Å². The summed E-state index contributed by atoms with van der Waals surface area (Å²) in [4.78, 5) is 0. The summed E-state index contributed by atoms with van der Waals surface area (Å²) in [5.41, 5.74) is 1.15. The predicted molar refractivity (Wildman–Crippen MR) is 75.4 cm³/mol. The average Bonchev–Trinajstić information content (AvgIpc) is 2.75. The van der Waals surface area contributed by atoms with Crippen LogP contribution in [-0.2, 0) is 6.54 Å². The van der Waals surface area contributed by atoms with Gasteiger partial charge in [0.2, 0.25) is 0 Å². The van der Waals surface area contributed by atoms with Crippen LogP contribution in [0.4, 0.5) is 0 Å². The number of halogens is 1. The molecule has 0 aliphatic rings. The van der Waals surface area contributed by atoms with Crippen molar-refractivity contribution in [2.45, 2.75) is 13.5 Å². The van der Waals surface area contributed by atoms with Crippen LogP contribution in [0, 0.1) is 3.57 Å². The van der Waals surface area contributed by atoms with Crippen molar-refractivity contribution in [1.29, 1.82) is 0 Å². The van der Waals surface area contributed by atoms with E-state index >= 15 is 0 Å². The zero-order chi connectivity index (χ0) is 11.4. The lowest BCUT2D eigenvalue weighted by Crippen LogP contribution is -2.11. The van der Waals surface area contributed by atoms with Crippen molar-refractivity contribution >= 4 is 33.9 Å². The van der Waals surface area contributed by atoms with Gasteiger partial charge in [-0.3, -0.25) is 0 Å². The van der Waals surface area contributed by atoms with E-state index in [-0.39, 0.29) is 0 Å². The van der Waals surface area contributed by atoms with Crippen LogP contribution in [-0.4, -0.2) is 16.7 Å². The monoisotopic (exact) mass is 345 g/mol. The van der Waals surface area contributed by atoms with Crippen LogP contribution in [0.1, 0.15) is 11.9 Å². The quantitative estimate of drug-likeness (QED) is 0.866. The Balaban J connectivity index is 2.18. The normalized spacial score (nSPS) is 10.6. The van der Waals surface area contributed by atoms with E-state index in [2.05, 4.69) is 63.2 Å². The van der Waals surface area contributed by atoms with Crippen LogP contribution in [0.25, 0.3) is 10.6 Å². The van der Waals surface area contributed by atoms with Gasteiger partial charge in [0.15, 0.2) is 0 Å². The molecule has 0 fully saturated rings. The van der Waals surface area contributed by atoms with Crippen molar-refractivity contribution in [3.05, 3.63) is 32.8 Å². The van der Waals surface area contributed by atoms with E-state index in [0.29, 0.717) is 0 Å². The number of benzene rings is 1. The van der Waals surface area contributed by atoms with E-state index in [1.807, 2.05) is 6.07 Å². The van der Waals surface area contributed by atoms with Gasteiger partial charge in [-0.2, -0.15) is 0 Å². The molecule has 3 nitrogen and oxygen atoms in total. The second kappa shape index (κ2) is 5.70. The van der Waals surface area contributed by atoms with Gasteiger partial charge >= 0.3 is 0 Å². The summed E-state index contributed by atoms with van der Waals surface area (Å²) in [6.07, 6.45) is 0. The molecule has 0 saturated heterocycles. The fraction of sp³-hybridized carbons (Fsp3) is 0.273. The Labute approximate surface area is 112 Å². The first-order chi connectivity index (χ1) is 7.79. The maximum absolute atomic E-state index is 4.21. The molecule has 1 aromatic carbocycles. The molecule has 0 bridgehead atoms. The number of nitrogens with zero attached hydrogens (tertiary/aromatic N) is 2. The number of nitrogens with one attached hydrogen (secondary N) is 1. The summed E-state index contributed by atoms with van der Waals surface area (Å²) in [6.45, 7) is 3.84. The first-order valence-electron chi connectivity index (χ1n) is 5.08. The molecule has 1 aromatic heterocycles.